The van der Waals surface area contributed by atoms with E-state index in [1.54, 1.807) is 31.2 Å². The Morgan fingerprint density at radius 3 is 2.54 bits per heavy atom. The summed E-state index contributed by atoms with van der Waals surface area (Å²) in [7, 11) is 0. The molecular formula is C19H14N4O5. The second-order valence-corrected chi connectivity index (χ2v) is 5.75. The molecule has 2 aromatic heterocycles. The molecule has 0 spiro atoms. The molecule has 0 unspecified atom stereocenters. The number of aromatic hydroxyl groups is 1. The minimum atomic E-state index is -1.21. The number of rotatable bonds is 5. The maximum absolute atomic E-state index is 12.1. The van der Waals surface area contributed by atoms with Crippen LogP contribution in [0.2, 0.25) is 0 Å². The lowest BCUT2D eigenvalue weighted by Gasteiger charge is -2.11. The third-order valence-electron chi connectivity index (χ3n) is 3.79. The molecule has 28 heavy (non-hydrogen) atoms. The molecule has 3 aromatic rings. The molecule has 1 aromatic carbocycles. The summed E-state index contributed by atoms with van der Waals surface area (Å²) < 4.78 is 5.65. The SMILES string of the molecule is Cc1nc(C(=O)NCC(=O)O)c(O)c2ccc(Oc3ccc(C#N)cc3)nc12. The van der Waals surface area contributed by atoms with Crippen LogP contribution in [0.1, 0.15) is 21.7 Å². The van der Waals surface area contributed by atoms with Crippen LogP contribution in [-0.4, -0.2) is 38.6 Å². The van der Waals surface area contributed by atoms with Crippen molar-refractivity contribution in [3.8, 4) is 23.4 Å². The minimum absolute atomic E-state index is 0.240. The van der Waals surface area contributed by atoms with Crippen LogP contribution in [0.25, 0.3) is 10.9 Å². The minimum Gasteiger partial charge on any atom is -0.505 e. The Kier molecular flexibility index (Phi) is 5.04. The van der Waals surface area contributed by atoms with Crippen molar-refractivity contribution in [3.05, 3.63) is 53.3 Å². The van der Waals surface area contributed by atoms with Gasteiger partial charge < -0.3 is 20.3 Å². The smallest absolute Gasteiger partial charge is 0.322 e. The number of nitrogens with zero attached hydrogens (tertiary/aromatic N) is 3. The fourth-order valence-electron chi connectivity index (χ4n) is 2.48. The average molecular weight is 378 g/mol. The van der Waals surface area contributed by atoms with E-state index in [1.165, 1.54) is 12.1 Å². The second kappa shape index (κ2) is 7.59. The first kappa shape index (κ1) is 18.6. The standard InChI is InChI=1S/C19H14N4O5/c1-10-16-13(18(26)17(22-10)19(27)21-9-15(24)25)6-7-14(23-16)28-12-4-2-11(8-20)3-5-12/h2-7,26H,9H2,1H3,(H,21,27)(H,24,25). The number of benzene rings is 1. The molecule has 3 N–H and O–H groups in total. The summed E-state index contributed by atoms with van der Waals surface area (Å²) in [6.07, 6.45) is 0. The Labute approximate surface area is 158 Å². The van der Waals surface area contributed by atoms with Gasteiger partial charge >= 0.3 is 5.97 Å². The molecule has 0 atom stereocenters. The lowest BCUT2D eigenvalue weighted by atomic mass is 10.1. The number of amides is 1. The maximum atomic E-state index is 12.1. The van der Waals surface area contributed by atoms with E-state index in [-0.39, 0.29) is 17.0 Å². The number of aromatic nitrogens is 2. The van der Waals surface area contributed by atoms with Gasteiger partial charge in [0.2, 0.25) is 5.88 Å². The Bertz CT molecular complexity index is 1120. The van der Waals surface area contributed by atoms with Gasteiger partial charge in [-0.1, -0.05) is 0 Å². The second-order valence-electron chi connectivity index (χ2n) is 5.75. The summed E-state index contributed by atoms with van der Waals surface area (Å²) in [6, 6.07) is 11.5. The number of carboxylic acid groups (broad SMARTS) is 1. The van der Waals surface area contributed by atoms with Crippen molar-refractivity contribution in [2.24, 2.45) is 0 Å². The van der Waals surface area contributed by atoms with Gasteiger partial charge in [0.1, 0.15) is 12.3 Å². The number of pyridine rings is 2. The first-order chi connectivity index (χ1) is 13.4. The molecule has 140 valence electrons. The molecule has 0 radical (unpaired) electrons. The van der Waals surface area contributed by atoms with Crippen LogP contribution in [0, 0.1) is 18.3 Å². The number of hydrogen-bond acceptors (Lipinski definition) is 7. The van der Waals surface area contributed by atoms with Crippen molar-refractivity contribution < 1.29 is 24.5 Å². The number of carbonyl (C=O) groups excluding carboxylic acids is 1. The van der Waals surface area contributed by atoms with Gasteiger partial charge in [0.05, 0.1) is 22.8 Å². The van der Waals surface area contributed by atoms with Gasteiger partial charge in [-0.2, -0.15) is 5.26 Å². The van der Waals surface area contributed by atoms with E-state index in [2.05, 4.69) is 15.3 Å². The molecule has 0 saturated heterocycles. The first-order valence-electron chi connectivity index (χ1n) is 8.07. The summed E-state index contributed by atoms with van der Waals surface area (Å²) in [5.41, 5.74) is 0.906. The quantitative estimate of drug-likeness (QED) is 0.612. The van der Waals surface area contributed by atoms with Crippen LogP contribution in [0.15, 0.2) is 36.4 Å². The normalized spacial score (nSPS) is 10.3. The van der Waals surface area contributed by atoms with Gasteiger partial charge in [-0.05, 0) is 37.3 Å². The third kappa shape index (κ3) is 3.81. The zero-order valence-electron chi connectivity index (χ0n) is 14.6. The van der Waals surface area contributed by atoms with Crippen LogP contribution < -0.4 is 10.1 Å². The van der Waals surface area contributed by atoms with Crippen molar-refractivity contribution in [2.75, 3.05) is 6.54 Å². The molecular weight excluding hydrogens is 364 g/mol. The van der Waals surface area contributed by atoms with E-state index in [9.17, 15) is 14.7 Å². The molecule has 0 aliphatic rings. The lowest BCUT2D eigenvalue weighted by Crippen LogP contribution is -2.30. The van der Waals surface area contributed by atoms with E-state index in [4.69, 9.17) is 15.1 Å². The summed E-state index contributed by atoms with van der Waals surface area (Å²) in [4.78, 5) is 31.0. The predicted octanol–water partition coefficient (Wildman–Crippen LogP) is 2.12. The number of aliphatic carboxylic acids is 1. The fraction of sp³-hybridized carbons (Fsp3) is 0.105. The molecule has 0 aliphatic heterocycles. The highest BCUT2D eigenvalue weighted by Gasteiger charge is 2.19. The monoisotopic (exact) mass is 378 g/mol. The lowest BCUT2D eigenvalue weighted by molar-refractivity contribution is -0.135. The van der Waals surface area contributed by atoms with Gasteiger partial charge in [-0.15, -0.1) is 0 Å². The largest absolute Gasteiger partial charge is 0.505 e. The number of nitrogens with one attached hydrogen (secondary N) is 1. The number of nitriles is 1. The van der Waals surface area contributed by atoms with Crippen molar-refractivity contribution in [1.82, 2.24) is 15.3 Å². The fourth-order valence-corrected chi connectivity index (χ4v) is 2.48. The van der Waals surface area contributed by atoms with Crippen molar-refractivity contribution >= 4 is 22.8 Å². The molecule has 0 bridgehead atoms. The average Bonchev–Trinajstić information content (AvgIpc) is 2.69. The number of hydrogen-bond donors (Lipinski definition) is 3. The van der Waals surface area contributed by atoms with E-state index >= 15 is 0 Å². The summed E-state index contributed by atoms with van der Waals surface area (Å²) in [6.45, 7) is 1.01. The summed E-state index contributed by atoms with van der Waals surface area (Å²) >= 11 is 0. The number of aryl methyl sites for hydroxylation is 1. The van der Waals surface area contributed by atoms with Crippen LogP contribution in [-0.2, 0) is 4.79 Å². The number of ether oxygens (including phenoxy) is 1. The molecule has 9 heteroatoms. The number of fused-ring (bicyclic) bond motifs is 1. The molecule has 0 saturated carbocycles. The first-order valence-corrected chi connectivity index (χ1v) is 8.07. The molecule has 9 nitrogen and oxygen atoms in total. The van der Waals surface area contributed by atoms with E-state index < -0.39 is 24.2 Å². The topological polar surface area (TPSA) is 145 Å². The van der Waals surface area contributed by atoms with Crippen LogP contribution in [0.5, 0.6) is 17.4 Å². The Hall–Kier alpha value is -4.19. The molecule has 2 heterocycles. The van der Waals surface area contributed by atoms with Crippen molar-refractivity contribution in [2.45, 2.75) is 6.92 Å². The van der Waals surface area contributed by atoms with Gasteiger partial charge in [-0.25, -0.2) is 9.97 Å². The van der Waals surface area contributed by atoms with Crippen LogP contribution >= 0.6 is 0 Å². The van der Waals surface area contributed by atoms with E-state index in [0.717, 1.165) is 0 Å². The molecule has 0 fully saturated rings. The predicted molar refractivity (Wildman–Crippen MR) is 97.1 cm³/mol. The van der Waals surface area contributed by atoms with E-state index in [1.807, 2.05) is 6.07 Å². The van der Waals surface area contributed by atoms with Gasteiger partial charge in [0.25, 0.3) is 5.91 Å². The summed E-state index contributed by atoms with van der Waals surface area (Å²) in [5, 5.41) is 30.3. The van der Waals surface area contributed by atoms with Gasteiger partial charge in [-0.3, -0.25) is 9.59 Å². The Morgan fingerprint density at radius 2 is 1.89 bits per heavy atom. The zero-order chi connectivity index (χ0) is 20.3. The molecule has 0 aliphatic carbocycles. The number of carbonyl (C=O) groups is 2. The van der Waals surface area contributed by atoms with Gasteiger partial charge in [0, 0.05) is 11.5 Å². The van der Waals surface area contributed by atoms with Crippen LogP contribution in [0.3, 0.4) is 0 Å². The third-order valence-corrected chi connectivity index (χ3v) is 3.79. The molecule has 3 rings (SSSR count). The number of carboxylic acids is 1. The van der Waals surface area contributed by atoms with E-state index in [0.29, 0.717) is 22.5 Å². The highest BCUT2D eigenvalue weighted by Crippen LogP contribution is 2.31. The Morgan fingerprint density at radius 1 is 1.18 bits per heavy atom. The van der Waals surface area contributed by atoms with Crippen LogP contribution in [0.4, 0.5) is 0 Å². The zero-order valence-corrected chi connectivity index (χ0v) is 14.6. The molecule has 1 amide bonds. The summed E-state index contributed by atoms with van der Waals surface area (Å²) in [5.74, 6) is -1.70. The maximum Gasteiger partial charge on any atom is 0.322 e. The van der Waals surface area contributed by atoms with Gasteiger partial charge in [0.15, 0.2) is 11.4 Å². The Balaban J connectivity index is 1.93. The highest BCUT2D eigenvalue weighted by atomic mass is 16.5. The van der Waals surface area contributed by atoms with Crippen molar-refractivity contribution in [1.29, 1.82) is 5.26 Å². The van der Waals surface area contributed by atoms with Crippen molar-refractivity contribution in [3.63, 3.8) is 0 Å². The highest BCUT2D eigenvalue weighted by molar-refractivity contribution is 6.02.